The molecule has 3 aromatic rings. The molecular weight excluding hydrogens is 427 g/mol. The monoisotopic (exact) mass is 443 g/mol. The Labute approximate surface area is 179 Å². The van der Waals surface area contributed by atoms with Gasteiger partial charge in [0, 0.05) is 11.1 Å². The zero-order valence-corrected chi connectivity index (χ0v) is 16.2. The summed E-state index contributed by atoms with van der Waals surface area (Å²) >= 11 is 0. The molecule has 7 nitrogen and oxygen atoms in total. The molecule has 5 N–H and O–H groups in total. The third kappa shape index (κ3) is 4.76. The Balaban J connectivity index is 1.85. The molecular formula is C22H16F3N3O4. The molecule has 0 aliphatic carbocycles. The number of hydrogen-bond acceptors (Lipinski definition) is 4. The van der Waals surface area contributed by atoms with Crippen molar-refractivity contribution < 1.29 is 32.8 Å². The summed E-state index contributed by atoms with van der Waals surface area (Å²) in [6, 6.07) is 11.3. The second kappa shape index (κ2) is 9.31. The number of hydroxylamine groups is 1. The molecule has 0 heterocycles. The molecule has 164 valence electrons. The van der Waals surface area contributed by atoms with E-state index in [1.165, 1.54) is 54.0 Å². The van der Waals surface area contributed by atoms with Gasteiger partial charge in [-0.3, -0.25) is 19.6 Å². The Morgan fingerprint density at radius 2 is 1.34 bits per heavy atom. The van der Waals surface area contributed by atoms with Gasteiger partial charge in [-0.1, -0.05) is 24.3 Å². The summed E-state index contributed by atoms with van der Waals surface area (Å²) in [4.78, 5) is 35.8. The SMILES string of the molecule is NC(=O)c1ccc(C(=O)NC(C(=O)NO)c2ccc(-c3cc(F)c(F)c(F)c3)cc2)cc1. The highest BCUT2D eigenvalue weighted by atomic mass is 19.2. The van der Waals surface area contributed by atoms with Crippen molar-refractivity contribution >= 4 is 17.7 Å². The number of halogens is 3. The third-order valence-corrected chi connectivity index (χ3v) is 4.64. The number of hydrogen-bond donors (Lipinski definition) is 4. The van der Waals surface area contributed by atoms with Crippen molar-refractivity contribution in [3.63, 3.8) is 0 Å². The lowest BCUT2D eigenvalue weighted by Crippen LogP contribution is -2.39. The van der Waals surface area contributed by atoms with Gasteiger partial charge in [-0.2, -0.15) is 0 Å². The van der Waals surface area contributed by atoms with Gasteiger partial charge in [-0.05, 0) is 53.1 Å². The van der Waals surface area contributed by atoms with Crippen molar-refractivity contribution in [3.8, 4) is 11.1 Å². The lowest BCUT2D eigenvalue weighted by Gasteiger charge is -2.18. The highest BCUT2D eigenvalue weighted by Gasteiger charge is 2.23. The summed E-state index contributed by atoms with van der Waals surface area (Å²) in [5, 5.41) is 11.5. The van der Waals surface area contributed by atoms with E-state index in [0.717, 1.165) is 12.1 Å². The number of carbonyl (C=O) groups excluding carboxylic acids is 3. The number of amides is 3. The fourth-order valence-corrected chi connectivity index (χ4v) is 2.96. The first kappa shape index (κ1) is 22.5. The second-order valence-corrected chi connectivity index (χ2v) is 6.70. The minimum atomic E-state index is -1.59. The molecule has 32 heavy (non-hydrogen) atoms. The van der Waals surface area contributed by atoms with Gasteiger partial charge in [0.1, 0.15) is 6.04 Å². The van der Waals surface area contributed by atoms with E-state index in [-0.39, 0.29) is 22.3 Å². The van der Waals surface area contributed by atoms with Crippen LogP contribution in [-0.2, 0) is 4.79 Å². The van der Waals surface area contributed by atoms with Gasteiger partial charge in [0.25, 0.3) is 11.8 Å². The maximum Gasteiger partial charge on any atom is 0.270 e. The summed E-state index contributed by atoms with van der Waals surface area (Å²) < 4.78 is 40.1. The largest absolute Gasteiger partial charge is 0.366 e. The molecule has 0 bridgehead atoms. The standard InChI is InChI=1S/C22H16F3N3O4/c23-16-9-15(10-17(24)18(16)25)11-1-3-12(4-2-11)19(22(31)28-32)27-21(30)14-7-5-13(6-8-14)20(26)29/h1-10,19,32H,(H2,26,29)(H,27,30)(H,28,31). The average Bonchev–Trinajstić information content (AvgIpc) is 2.80. The first-order chi connectivity index (χ1) is 15.2. The molecule has 0 aliphatic heterocycles. The molecule has 0 saturated carbocycles. The predicted molar refractivity (Wildman–Crippen MR) is 107 cm³/mol. The average molecular weight is 443 g/mol. The molecule has 0 fully saturated rings. The van der Waals surface area contributed by atoms with Crippen molar-refractivity contribution in [1.82, 2.24) is 10.8 Å². The Morgan fingerprint density at radius 1 is 0.812 bits per heavy atom. The number of nitrogens with one attached hydrogen (secondary N) is 2. The highest BCUT2D eigenvalue weighted by molar-refractivity contribution is 5.99. The maximum atomic E-state index is 13.5. The van der Waals surface area contributed by atoms with Crippen LogP contribution in [0.25, 0.3) is 11.1 Å². The van der Waals surface area contributed by atoms with E-state index in [1.54, 1.807) is 0 Å². The number of carbonyl (C=O) groups is 3. The second-order valence-electron chi connectivity index (χ2n) is 6.70. The molecule has 0 spiro atoms. The van der Waals surface area contributed by atoms with Crippen molar-refractivity contribution in [2.45, 2.75) is 6.04 Å². The maximum absolute atomic E-state index is 13.5. The van der Waals surface area contributed by atoms with Gasteiger partial charge < -0.3 is 11.1 Å². The number of primary amides is 1. The zero-order valence-electron chi connectivity index (χ0n) is 16.2. The fraction of sp³-hybridized carbons (Fsp3) is 0.0455. The fourth-order valence-electron chi connectivity index (χ4n) is 2.96. The smallest absolute Gasteiger partial charge is 0.270 e. The molecule has 10 heteroatoms. The van der Waals surface area contributed by atoms with Gasteiger partial charge in [0.15, 0.2) is 17.5 Å². The first-order valence-electron chi connectivity index (χ1n) is 9.11. The summed E-state index contributed by atoms with van der Waals surface area (Å²) in [6.45, 7) is 0. The predicted octanol–water partition coefficient (Wildman–Crippen LogP) is 2.85. The van der Waals surface area contributed by atoms with Crippen LogP contribution in [0, 0.1) is 17.5 Å². The Morgan fingerprint density at radius 3 is 1.84 bits per heavy atom. The topological polar surface area (TPSA) is 122 Å². The lowest BCUT2D eigenvalue weighted by molar-refractivity contribution is -0.131. The van der Waals surface area contributed by atoms with Crippen LogP contribution in [0.1, 0.15) is 32.3 Å². The van der Waals surface area contributed by atoms with Crippen LogP contribution in [0.15, 0.2) is 60.7 Å². The Kier molecular flexibility index (Phi) is 6.55. The molecule has 0 saturated heterocycles. The van der Waals surface area contributed by atoms with Crippen LogP contribution in [-0.4, -0.2) is 22.9 Å². The molecule has 3 aromatic carbocycles. The molecule has 1 atom stereocenters. The van der Waals surface area contributed by atoms with Gasteiger partial charge in [-0.25, -0.2) is 18.7 Å². The molecule has 0 aromatic heterocycles. The normalized spacial score (nSPS) is 11.5. The summed E-state index contributed by atoms with van der Waals surface area (Å²) in [7, 11) is 0. The van der Waals surface area contributed by atoms with E-state index in [4.69, 9.17) is 10.9 Å². The zero-order chi connectivity index (χ0) is 23.4. The summed E-state index contributed by atoms with van der Waals surface area (Å²) in [6.07, 6.45) is 0. The van der Waals surface area contributed by atoms with Crippen LogP contribution in [0.3, 0.4) is 0 Å². The van der Waals surface area contributed by atoms with Crippen molar-refractivity contribution in [1.29, 1.82) is 0 Å². The number of nitrogens with two attached hydrogens (primary N) is 1. The van der Waals surface area contributed by atoms with Crippen LogP contribution >= 0.6 is 0 Å². The van der Waals surface area contributed by atoms with Gasteiger partial charge in [0.05, 0.1) is 0 Å². The van der Waals surface area contributed by atoms with E-state index in [9.17, 15) is 27.6 Å². The van der Waals surface area contributed by atoms with Crippen LogP contribution < -0.4 is 16.5 Å². The van der Waals surface area contributed by atoms with Crippen molar-refractivity contribution in [3.05, 3.63) is 94.8 Å². The van der Waals surface area contributed by atoms with Gasteiger partial charge in [-0.15, -0.1) is 0 Å². The van der Waals surface area contributed by atoms with E-state index < -0.39 is 41.2 Å². The first-order valence-corrected chi connectivity index (χ1v) is 9.11. The quantitative estimate of drug-likeness (QED) is 0.266. The number of rotatable bonds is 6. The van der Waals surface area contributed by atoms with E-state index in [2.05, 4.69) is 5.32 Å². The minimum Gasteiger partial charge on any atom is -0.366 e. The number of benzene rings is 3. The van der Waals surface area contributed by atoms with E-state index in [0.29, 0.717) is 5.56 Å². The molecule has 1 unspecified atom stereocenters. The summed E-state index contributed by atoms with van der Waals surface area (Å²) in [5.74, 6) is -6.58. The van der Waals surface area contributed by atoms with Crippen LogP contribution in [0.4, 0.5) is 13.2 Å². The molecule has 0 radical (unpaired) electrons. The van der Waals surface area contributed by atoms with Crippen LogP contribution in [0.2, 0.25) is 0 Å². The van der Waals surface area contributed by atoms with E-state index in [1.807, 2.05) is 0 Å². The summed E-state index contributed by atoms with van der Waals surface area (Å²) in [5.41, 5.74) is 7.55. The van der Waals surface area contributed by atoms with Crippen molar-refractivity contribution in [2.24, 2.45) is 5.73 Å². The third-order valence-electron chi connectivity index (χ3n) is 4.64. The molecule has 0 aliphatic rings. The van der Waals surface area contributed by atoms with Gasteiger partial charge >= 0.3 is 0 Å². The molecule has 3 rings (SSSR count). The van der Waals surface area contributed by atoms with Crippen LogP contribution in [0.5, 0.6) is 0 Å². The Hall–Kier alpha value is -4.18. The highest BCUT2D eigenvalue weighted by Crippen LogP contribution is 2.25. The van der Waals surface area contributed by atoms with E-state index >= 15 is 0 Å². The minimum absolute atomic E-state index is 0.0645. The Bertz CT molecular complexity index is 1160. The lowest BCUT2D eigenvalue weighted by atomic mass is 9.99. The van der Waals surface area contributed by atoms with Crippen molar-refractivity contribution in [2.75, 3.05) is 0 Å². The van der Waals surface area contributed by atoms with Gasteiger partial charge in [0.2, 0.25) is 5.91 Å². The molecule has 3 amide bonds.